The molecule has 6 heteroatoms. The average Bonchev–Trinajstić information content (AvgIpc) is 2.88. The van der Waals surface area contributed by atoms with Gasteiger partial charge < -0.3 is 11.1 Å². The van der Waals surface area contributed by atoms with Crippen molar-refractivity contribution in [2.75, 3.05) is 0 Å². The highest BCUT2D eigenvalue weighted by Gasteiger charge is 2.31. The zero-order valence-electron chi connectivity index (χ0n) is 23.5. The summed E-state index contributed by atoms with van der Waals surface area (Å²) in [5.74, 6) is 0.138. The third-order valence-corrected chi connectivity index (χ3v) is 6.80. The lowest BCUT2D eigenvalue weighted by molar-refractivity contribution is -0.118. The number of ketones is 1. The maximum atomic E-state index is 14.5. The Kier molecular flexibility index (Phi) is 14.9. The summed E-state index contributed by atoms with van der Waals surface area (Å²) in [6.07, 6.45) is 10.4. The SMILES string of the molecule is C.C.C=C(/C=C\C=C=CC(C)=O)Cc1ccc(CN=C/C(=C\N)C(=O)NC2CC(c3cccc(C)c3)C2)cc1C(C)F. The van der Waals surface area contributed by atoms with Crippen molar-refractivity contribution in [3.05, 3.63) is 124 Å². The molecule has 0 heterocycles. The predicted molar refractivity (Wildman–Crippen MR) is 174 cm³/mol. The van der Waals surface area contributed by atoms with E-state index < -0.39 is 6.17 Å². The zero-order chi connectivity index (χ0) is 29.1. The van der Waals surface area contributed by atoms with Crippen LogP contribution in [0.5, 0.6) is 0 Å². The number of aryl methyl sites for hydroxylation is 1. The third-order valence-electron chi connectivity index (χ3n) is 6.80. The van der Waals surface area contributed by atoms with Crippen LogP contribution in [-0.4, -0.2) is 23.9 Å². The predicted octanol–water partition coefficient (Wildman–Crippen LogP) is 7.73. The zero-order valence-corrected chi connectivity index (χ0v) is 23.5. The van der Waals surface area contributed by atoms with E-state index in [2.05, 4.69) is 53.8 Å². The molecule has 5 nitrogen and oxygen atoms in total. The normalized spacial score (nSPS) is 16.8. The summed E-state index contributed by atoms with van der Waals surface area (Å²) in [4.78, 5) is 28.0. The van der Waals surface area contributed by atoms with Crippen LogP contribution < -0.4 is 11.1 Å². The number of carbonyl (C=O) groups excluding carboxylic acids is 2. The van der Waals surface area contributed by atoms with E-state index in [4.69, 9.17) is 5.73 Å². The molecular formula is C36H46FN3O2. The highest BCUT2D eigenvalue weighted by atomic mass is 19.1. The van der Waals surface area contributed by atoms with E-state index in [1.165, 1.54) is 43.5 Å². The van der Waals surface area contributed by atoms with Crippen molar-refractivity contribution < 1.29 is 14.0 Å². The van der Waals surface area contributed by atoms with Gasteiger partial charge in [-0.2, -0.15) is 0 Å². The minimum Gasteiger partial charge on any atom is -0.404 e. The van der Waals surface area contributed by atoms with E-state index >= 15 is 0 Å². The van der Waals surface area contributed by atoms with Gasteiger partial charge in [0.1, 0.15) is 6.17 Å². The van der Waals surface area contributed by atoms with E-state index in [0.29, 0.717) is 23.5 Å². The molecule has 1 saturated carbocycles. The van der Waals surface area contributed by atoms with Crippen LogP contribution in [0.3, 0.4) is 0 Å². The molecule has 3 rings (SSSR count). The van der Waals surface area contributed by atoms with Crippen molar-refractivity contribution in [2.24, 2.45) is 10.7 Å². The van der Waals surface area contributed by atoms with Gasteiger partial charge in [0, 0.05) is 24.5 Å². The largest absolute Gasteiger partial charge is 0.404 e. The Hall–Kier alpha value is -4.28. The fraction of sp³-hybridized carbons (Fsp3) is 0.333. The first kappa shape index (κ1) is 35.7. The summed E-state index contributed by atoms with van der Waals surface area (Å²) < 4.78 is 14.5. The van der Waals surface area contributed by atoms with Crippen LogP contribution in [0.4, 0.5) is 4.39 Å². The van der Waals surface area contributed by atoms with Crippen molar-refractivity contribution in [1.29, 1.82) is 0 Å². The maximum absolute atomic E-state index is 14.5. The fourth-order valence-electron chi connectivity index (χ4n) is 4.61. The molecule has 1 fully saturated rings. The van der Waals surface area contributed by atoms with Crippen LogP contribution in [-0.2, 0) is 22.6 Å². The number of nitrogens with zero attached hydrogens (tertiary/aromatic N) is 1. The molecule has 3 N–H and O–H groups in total. The number of carbonyl (C=O) groups is 2. The summed E-state index contributed by atoms with van der Waals surface area (Å²) in [6, 6.07) is 14.2. The molecule has 0 aliphatic heterocycles. The summed E-state index contributed by atoms with van der Waals surface area (Å²) >= 11 is 0. The summed E-state index contributed by atoms with van der Waals surface area (Å²) in [7, 11) is 0. The Morgan fingerprint density at radius 3 is 2.60 bits per heavy atom. The van der Waals surface area contributed by atoms with Gasteiger partial charge >= 0.3 is 0 Å². The molecule has 1 aliphatic rings. The van der Waals surface area contributed by atoms with Gasteiger partial charge in [-0.3, -0.25) is 14.6 Å². The Labute approximate surface area is 251 Å². The van der Waals surface area contributed by atoms with Crippen molar-refractivity contribution in [2.45, 2.75) is 79.6 Å². The van der Waals surface area contributed by atoms with E-state index in [-0.39, 0.29) is 39.1 Å². The summed E-state index contributed by atoms with van der Waals surface area (Å²) in [5.41, 5.74) is 14.4. The molecule has 2 aromatic carbocycles. The Balaban J connectivity index is 0.00000441. The quantitative estimate of drug-likeness (QED) is 0.118. The molecule has 0 bridgehead atoms. The molecule has 224 valence electrons. The van der Waals surface area contributed by atoms with Gasteiger partial charge in [-0.05, 0) is 74.3 Å². The van der Waals surface area contributed by atoms with Crippen LogP contribution in [0.25, 0.3) is 0 Å². The van der Waals surface area contributed by atoms with Crippen LogP contribution in [0.2, 0.25) is 0 Å². The molecule has 2 aromatic rings. The second kappa shape index (κ2) is 17.5. The van der Waals surface area contributed by atoms with Crippen molar-refractivity contribution in [3.63, 3.8) is 0 Å². The Morgan fingerprint density at radius 1 is 1.21 bits per heavy atom. The Bertz CT molecular complexity index is 1390. The van der Waals surface area contributed by atoms with E-state index in [1.54, 1.807) is 18.2 Å². The van der Waals surface area contributed by atoms with Crippen molar-refractivity contribution in [1.82, 2.24) is 5.32 Å². The smallest absolute Gasteiger partial charge is 0.254 e. The standard InChI is InChI=1S/C34H38FN3O2.2CH4/c1-23(9-6-5-7-11-25(3)39)16-29-14-13-27(17-33(29)26(4)35)21-37-22-31(20-36)34(40)38-32-18-30(19-32)28-12-8-10-24(2)15-28;;/h5-6,8-15,17,20,22,26,30,32H,1,16,18-19,21,36H2,2-4H3,(H,38,40);2*1H4/b9-6-,31-20+,37-22?;;. The van der Waals surface area contributed by atoms with E-state index in [9.17, 15) is 14.0 Å². The number of hydrogen-bond donors (Lipinski definition) is 2. The number of allylic oxidation sites excluding steroid dienone is 4. The molecule has 1 amide bonds. The van der Waals surface area contributed by atoms with Gasteiger partial charge in [0.25, 0.3) is 5.91 Å². The van der Waals surface area contributed by atoms with Crippen molar-refractivity contribution >= 4 is 17.9 Å². The number of nitrogens with one attached hydrogen (secondary N) is 1. The molecule has 42 heavy (non-hydrogen) atoms. The molecule has 0 saturated heterocycles. The van der Waals surface area contributed by atoms with Crippen LogP contribution in [0, 0.1) is 6.92 Å². The molecule has 1 unspecified atom stereocenters. The summed E-state index contributed by atoms with van der Waals surface area (Å²) in [5, 5.41) is 3.04. The topological polar surface area (TPSA) is 84.6 Å². The number of nitrogens with two attached hydrogens (primary N) is 1. The number of rotatable bonds is 12. The van der Waals surface area contributed by atoms with Gasteiger partial charge in [0.05, 0.1) is 12.1 Å². The second-order valence-electron chi connectivity index (χ2n) is 10.3. The number of amides is 1. The minimum atomic E-state index is -1.16. The third kappa shape index (κ3) is 10.9. The Morgan fingerprint density at radius 2 is 1.95 bits per heavy atom. The van der Waals surface area contributed by atoms with Gasteiger partial charge in [0.2, 0.25) is 0 Å². The number of hydrogen-bond acceptors (Lipinski definition) is 4. The lowest BCUT2D eigenvalue weighted by Gasteiger charge is -2.36. The van der Waals surface area contributed by atoms with Crippen LogP contribution in [0.15, 0.2) is 101 Å². The molecule has 1 aliphatic carbocycles. The summed E-state index contributed by atoms with van der Waals surface area (Å²) in [6.45, 7) is 9.38. The first-order valence-corrected chi connectivity index (χ1v) is 13.5. The first-order valence-electron chi connectivity index (χ1n) is 13.5. The number of alkyl halides is 1. The number of aliphatic imine (C=N–C) groups is 1. The molecule has 0 spiro atoms. The fourth-order valence-corrected chi connectivity index (χ4v) is 4.61. The van der Waals surface area contributed by atoms with Crippen molar-refractivity contribution in [3.8, 4) is 0 Å². The highest BCUT2D eigenvalue weighted by Crippen LogP contribution is 2.37. The molecular weight excluding hydrogens is 525 g/mol. The number of halogens is 1. The molecule has 1 atom stereocenters. The minimum absolute atomic E-state index is 0. The van der Waals surface area contributed by atoms with E-state index in [1.807, 2.05) is 18.2 Å². The first-order chi connectivity index (χ1) is 19.2. The van der Waals surface area contributed by atoms with Gasteiger partial charge in [0.15, 0.2) is 5.78 Å². The van der Waals surface area contributed by atoms with Gasteiger partial charge in [-0.25, -0.2) is 4.39 Å². The second-order valence-corrected chi connectivity index (χ2v) is 10.3. The van der Waals surface area contributed by atoms with E-state index in [0.717, 1.165) is 29.5 Å². The van der Waals surface area contributed by atoms with Gasteiger partial charge in [-0.15, -0.1) is 5.73 Å². The lowest BCUT2D eigenvalue weighted by Crippen LogP contribution is -2.44. The van der Waals surface area contributed by atoms with Crippen LogP contribution >= 0.6 is 0 Å². The maximum Gasteiger partial charge on any atom is 0.254 e. The average molecular weight is 572 g/mol. The molecule has 0 aromatic heterocycles. The highest BCUT2D eigenvalue weighted by molar-refractivity contribution is 6.12. The molecule has 0 radical (unpaired) electrons. The lowest BCUT2D eigenvalue weighted by atomic mass is 9.75. The monoisotopic (exact) mass is 571 g/mol. The van der Waals surface area contributed by atoms with Crippen LogP contribution in [0.1, 0.15) is 81.4 Å². The van der Waals surface area contributed by atoms with Gasteiger partial charge in [-0.1, -0.05) is 87.2 Å². The number of benzene rings is 2.